The van der Waals surface area contributed by atoms with Crippen molar-refractivity contribution in [3.05, 3.63) is 212 Å². The first-order valence-corrected chi connectivity index (χ1v) is 20.8. The smallest absolute Gasteiger partial charge is 0.235 e. The lowest BCUT2D eigenvalue weighted by Crippen LogP contribution is -2.04. The maximum absolute atomic E-state index is 5.48. The monoisotopic (exact) mass is 777 g/mol. The average molecular weight is 778 g/mol. The minimum Gasteiger partial charge on any atom is -0.309 e. The van der Waals surface area contributed by atoms with Crippen LogP contribution in [-0.2, 0) is 0 Å². The lowest BCUT2D eigenvalue weighted by atomic mass is 9.97. The van der Waals surface area contributed by atoms with Crippen molar-refractivity contribution in [3.63, 3.8) is 0 Å². The first kappa shape index (κ1) is 33.7. The molecule has 0 unspecified atom stereocenters. The fourth-order valence-corrected chi connectivity index (χ4v) is 9.85. The van der Waals surface area contributed by atoms with E-state index in [4.69, 9.17) is 9.97 Å². The molecular formula is C56H35N5. The maximum atomic E-state index is 5.48. The van der Waals surface area contributed by atoms with Gasteiger partial charge in [-0.25, -0.2) is 9.97 Å². The van der Waals surface area contributed by atoms with E-state index >= 15 is 0 Å². The Morgan fingerprint density at radius 3 is 1.54 bits per heavy atom. The molecule has 13 aromatic rings. The second-order valence-electron chi connectivity index (χ2n) is 15.8. The third kappa shape index (κ3) is 4.95. The summed E-state index contributed by atoms with van der Waals surface area (Å²) < 4.78 is 7.15. The molecule has 5 heteroatoms. The maximum Gasteiger partial charge on any atom is 0.235 e. The summed E-state index contributed by atoms with van der Waals surface area (Å²) >= 11 is 0. The number of rotatable bonds is 5. The molecule has 0 saturated heterocycles. The summed E-state index contributed by atoms with van der Waals surface area (Å²) in [5.74, 6) is 0.643. The van der Waals surface area contributed by atoms with Gasteiger partial charge in [-0.15, -0.1) is 0 Å². The van der Waals surface area contributed by atoms with E-state index < -0.39 is 0 Å². The minimum absolute atomic E-state index is 0.643. The highest BCUT2D eigenvalue weighted by molar-refractivity contribution is 6.29. The van der Waals surface area contributed by atoms with Crippen LogP contribution in [0.2, 0.25) is 0 Å². The van der Waals surface area contributed by atoms with Crippen LogP contribution < -0.4 is 0 Å². The third-order valence-electron chi connectivity index (χ3n) is 12.4. The van der Waals surface area contributed by atoms with Gasteiger partial charge >= 0.3 is 0 Å². The van der Waals surface area contributed by atoms with Crippen LogP contribution in [0.3, 0.4) is 0 Å². The first-order valence-electron chi connectivity index (χ1n) is 20.8. The van der Waals surface area contributed by atoms with Crippen molar-refractivity contribution in [2.24, 2.45) is 0 Å². The van der Waals surface area contributed by atoms with Crippen LogP contribution in [0, 0.1) is 0 Å². The number of hydrogen-bond donors (Lipinski definition) is 0. The van der Waals surface area contributed by atoms with Gasteiger partial charge in [-0.3, -0.25) is 4.57 Å². The molecule has 0 fully saturated rings. The SMILES string of the molecule is c1ccc(-c2nc(-n3c4ccccc4c4cc(-c5ccc6c(c5)c5ccccc5n6-c5ccccc5)c5c(c6ccccc6n5-c5ccccc5)c43)nc3ccccc23)cc1. The summed E-state index contributed by atoms with van der Waals surface area (Å²) in [7, 11) is 0. The molecule has 0 bridgehead atoms. The van der Waals surface area contributed by atoms with Gasteiger partial charge in [0.05, 0.1) is 44.3 Å². The molecule has 13 rings (SSSR count). The van der Waals surface area contributed by atoms with Gasteiger partial charge in [0.15, 0.2) is 0 Å². The highest BCUT2D eigenvalue weighted by atomic mass is 15.2. The molecule has 0 aliphatic rings. The van der Waals surface area contributed by atoms with Crippen molar-refractivity contribution in [2.45, 2.75) is 0 Å². The van der Waals surface area contributed by atoms with Crippen LogP contribution in [0.4, 0.5) is 0 Å². The van der Waals surface area contributed by atoms with E-state index in [9.17, 15) is 0 Å². The van der Waals surface area contributed by atoms with Crippen LogP contribution in [0.25, 0.3) is 116 Å². The second-order valence-corrected chi connectivity index (χ2v) is 15.8. The van der Waals surface area contributed by atoms with Gasteiger partial charge in [0.25, 0.3) is 0 Å². The average Bonchev–Trinajstić information content (AvgIpc) is 3.97. The van der Waals surface area contributed by atoms with Gasteiger partial charge in [0, 0.05) is 60.2 Å². The van der Waals surface area contributed by atoms with Crippen molar-refractivity contribution >= 4 is 76.3 Å². The fraction of sp³-hybridized carbons (Fsp3) is 0. The van der Waals surface area contributed by atoms with Gasteiger partial charge in [-0.2, -0.15) is 0 Å². The topological polar surface area (TPSA) is 40.6 Å². The van der Waals surface area contributed by atoms with E-state index in [1.807, 2.05) is 0 Å². The van der Waals surface area contributed by atoms with Crippen LogP contribution in [-0.4, -0.2) is 23.7 Å². The summed E-state index contributed by atoms with van der Waals surface area (Å²) in [6.07, 6.45) is 0. The minimum atomic E-state index is 0.643. The van der Waals surface area contributed by atoms with E-state index in [1.165, 1.54) is 27.2 Å². The summed E-state index contributed by atoms with van der Waals surface area (Å²) in [5.41, 5.74) is 14.2. The van der Waals surface area contributed by atoms with Crippen molar-refractivity contribution < 1.29 is 0 Å². The molecular weight excluding hydrogens is 743 g/mol. The number of nitrogens with zero attached hydrogens (tertiary/aromatic N) is 5. The lowest BCUT2D eigenvalue weighted by molar-refractivity contribution is 1.02. The Hall–Kier alpha value is -8.28. The molecule has 0 spiro atoms. The lowest BCUT2D eigenvalue weighted by Gasteiger charge is -2.15. The molecule has 0 aliphatic carbocycles. The molecule has 4 aromatic heterocycles. The largest absolute Gasteiger partial charge is 0.309 e. The van der Waals surface area contributed by atoms with Gasteiger partial charge in [-0.05, 0) is 72.3 Å². The molecule has 61 heavy (non-hydrogen) atoms. The van der Waals surface area contributed by atoms with Gasteiger partial charge in [-0.1, -0.05) is 146 Å². The van der Waals surface area contributed by atoms with Crippen molar-refractivity contribution in [2.75, 3.05) is 0 Å². The molecule has 4 heterocycles. The number of fused-ring (bicyclic) bond motifs is 11. The molecule has 5 nitrogen and oxygen atoms in total. The Morgan fingerprint density at radius 2 is 0.836 bits per heavy atom. The quantitative estimate of drug-likeness (QED) is 0.175. The van der Waals surface area contributed by atoms with Gasteiger partial charge in [0.2, 0.25) is 5.95 Å². The van der Waals surface area contributed by atoms with Crippen molar-refractivity contribution in [1.82, 2.24) is 23.7 Å². The summed E-state index contributed by atoms with van der Waals surface area (Å²) in [6, 6.07) is 76.0. The van der Waals surface area contributed by atoms with Crippen LogP contribution >= 0.6 is 0 Å². The predicted octanol–water partition coefficient (Wildman–Crippen LogP) is 14.3. The molecule has 0 aliphatic heterocycles. The zero-order valence-electron chi connectivity index (χ0n) is 32.9. The van der Waals surface area contributed by atoms with Crippen LogP contribution in [0.5, 0.6) is 0 Å². The molecule has 0 amide bonds. The van der Waals surface area contributed by atoms with Gasteiger partial charge in [0.1, 0.15) is 0 Å². The molecule has 0 saturated carbocycles. The van der Waals surface area contributed by atoms with E-state index in [-0.39, 0.29) is 0 Å². The first-order chi connectivity index (χ1) is 30.3. The number of aromatic nitrogens is 5. The third-order valence-corrected chi connectivity index (χ3v) is 12.4. The van der Waals surface area contributed by atoms with Crippen molar-refractivity contribution in [3.8, 4) is 39.7 Å². The molecule has 0 radical (unpaired) electrons. The zero-order chi connectivity index (χ0) is 40.0. The van der Waals surface area contributed by atoms with E-state index in [1.54, 1.807) is 0 Å². The zero-order valence-corrected chi connectivity index (χ0v) is 32.9. The normalized spacial score (nSPS) is 11.9. The predicted molar refractivity (Wildman–Crippen MR) is 253 cm³/mol. The second kappa shape index (κ2) is 13.1. The summed E-state index contributed by atoms with van der Waals surface area (Å²) in [5, 5.41) is 8.10. The summed E-state index contributed by atoms with van der Waals surface area (Å²) in [4.78, 5) is 10.8. The highest BCUT2D eigenvalue weighted by Crippen LogP contribution is 2.47. The summed E-state index contributed by atoms with van der Waals surface area (Å²) in [6.45, 7) is 0. The highest BCUT2D eigenvalue weighted by Gasteiger charge is 2.26. The number of hydrogen-bond acceptors (Lipinski definition) is 2. The van der Waals surface area contributed by atoms with Gasteiger partial charge < -0.3 is 9.13 Å². The molecule has 0 atom stereocenters. The Morgan fingerprint density at radius 1 is 0.311 bits per heavy atom. The van der Waals surface area contributed by atoms with E-state index in [0.717, 1.165) is 82.9 Å². The number of benzene rings is 9. The standard InChI is InChI=1S/C56H35N5/c1-4-18-36(19-5-1)53-42-26-10-14-28-47(42)57-56(58-53)61-49-30-16-12-25-41(49)46-35-44(54-52(55(46)61)43-27-13-17-31-50(43)60(54)39-22-8-3-9-23-39)37-32-33-51-45(34-37)40-24-11-15-29-48(40)59(51)38-20-6-2-7-21-38/h1-35H. The van der Waals surface area contributed by atoms with Crippen molar-refractivity contribution in [1.29, 1.82) is 0 Å². The molecule has 0 N–H and O–H groups in total. The van der Waals surface area contributed by atoms with E-state index in [2.05, 4.69) is 226 Å². The van der Waals surface area contributed by atoms with Crippen LogP contribution in [0.1, 0.15) is 0 Å². The molecule has 284 valence electrons. The Bertz CT molecular complexity index is 3860. The molecule has 9 aromatic carbocycles. The Labute approximate surface area is 350 Å². The van der Waals surface area contributed by atoms with Crippen LogP contribution in [0.15, 0.2) is 212 Å². The Kier molecular flexibility index (Phi) is 7.24. The Balaban J connectivity index is 1.20. The number of para-hydroxylation sites is 6. The fourth-order valence-electron chi connectivity index (χ4n) is 9.85. The van der Waals surface area contributed by atoms with E-state index in [0.29, 0.717) is 5.95 Å².